The van der Waals surface area contributed by atoms with E-state index in [1.54, 1.807) is 4.90 Å². The SMILES string of the molecule is CC(C)CC1NC(=O)CN(c2ccccc2C(C)C)C1=O. The van der Waals surface area contributed by atoms with Crippen LogP contribution in [-0.2, 0) is 9.59 Å². The molecule has 1 aromatic rings. The molecule has 0 saturated carbocycles. The molecule has 1 aliphatic heterocycles. The smallest absolute Gasteiger partial charge is 0.250 e. The van der Waals surface area contributed by atoms with E-state index in [4.69, 9.17) is 0 Å². The van der Waals surface area contributed by atoms with E-state index in [9.17, 15) is 9.59 Å². The molecule has 1 saturated heterocycles. The summed E-state index contributed by atoms with van der Waals surface area (Å²) in [7, 11) is 0. The fraction of sp³-hybridized carbons (Fsp3) is 0.529. The first kappa shape index (κ1) is 15.5. The lowest BCUT2D eigenvalue weighted by atomic mass is 9.97. The van der Waals surface area contributed by atoms with E-state index in [2.05, 4.69) is 33.0 Å². The van der Waals surface area contributed by atoms with Gasteiger partial charge < -0.3 is 10.2 Å². The molecule has 0 aliphatic carbocycles. The van der Waals surface area contributed by atoms with Gasteiger partial charge in [0.05, 0.1) is 0 Å². The third-order valence-electron chi connectivity index (χ3n) is 3.76. The number of nitrogens with one attached hydrogen (secondary N) is 1. The van der Waals surface area contributed by atoms with Crippen LogP contribution in [0.25, 0.3) is 0 Å². The molecule has 4 nitrogen and oxygen atoms in total. The minimum atomic E-state index is -0.411. The maximum Gasteiger partial charge on any atom is 0.250 e. The van der Waals surface area contributed by atoms with E-state index in [0.29, 0.717) is 18.3 Å². The molecule has 0 radical (unpaired) electrons. The Morgan fingerprint density at radius 3 is 2.48 bits per heavy atom. The van der Waals surface area contributed by atoms with Gasteiger partial charge in [-0.3, -0.25) is 9.59 Å². The quantitative estimate of drug-likeness (QED) is 0.926. The van der Waals surface area contributed by atoms with Gasteiger partial charge >= 0.3 is 0 Å². The maximum atomic E-state index is 12.7. The van der Waals surface area contributed by atoms with Gasteiger partial charge in [-0.15, -0.1) is 0 Å². The van der Waals surface area contributed by atoms with Crippen LogP contribution in [0.2, 0.25) is 0 Å². The standard InChI is InChI=1S/C17H24N2O2/c1-11(2)9-14-17(21)19(10-16(20)18-14)15-8-6-5-7-13(15)12(3)4/h5-8,11-12,14H,9-10H2,1-4H3,(H,18,20). The highest BCUT2D eigenvalue weighted by Crippen LogP contribution is 2.29. The van der Waals surface area contributed by atoms with Gasteiger partial charge in [0.15, 0.2) is 0 Å². The number of rotatable bonds is 4. The zero-order chi connectivity index (χ0) is 15.6. The molecule has 1 atom stereocenters. The predicted octanol–water partition coefficient (Wildman–Crippen LogP) is 2.69. The number of para-hydroxylation sites is 1. The Hall–Kier alpha value is -1.84. The second-order valence-corrected chi connectivity index (χ2v) is 6.39. The summed E-state index contributed by atoms with van der Waals surface area (Å²) in [6.45, 7) is 8.41. The van der Waals surface area contributed by atoms with Crippen LogP contribution in [0.1, 0.15) is 45.6 Å². The summed E-state index contributed by atoms with van der Waals surface area (Å²) in [5.41, 5.74) is 1.96. The molecule has 4 heteroatoms. The normalized spacial score (nSPS) is 19.3. The summed E-state index contributed by atoms with van der Waals surface area (Å²) >= 11 is 0. The van der Waals surface area contributed by atoms with Crippen LogP contribution < -0.4 is 10.2 Å². The summed E-state index contributed by atoms with van der Waals surface area (Å²) in [5.74, 6) is 0.581. The van der Waals surface area contributed by atoms with Crippen LogP contribution in [0.4, 0.5) is 5.69 Å². The third kappa shape index (κ3) is 3.43. The minimum absolute atomic E-state index is 0.00333. The van der Waals surface area contributed by atoms with Crippen molar-refractivity contribution in [1.29, 1.82) is 0 Å². The molecular weight excluding hydrogens is 264 g/mol. The lowest BCUT2D eigenvalue weighted by Gasteiger charge is -2.34. The van der Waals surface area contributed by atoms with Crippen LogP contribution in [0.3, 0.4) is 0 Å². The van der Waals surface area contributed by atoms with E-state index < -0.39 is 6.04 Å². The minimum Gasteiger partial charge on any atom is -0.343 e. The van der Waals surface area contributed by atoms with Crippen molar-refractivity contribution in [1.82, 2.24) is 5.32 Å². The molecule has 0 aromatic heterocycles. The first-order valence-corrected chi connectivity index (χ1v) is 7.59. The van der Waals surface area contributed by atoms with E-state index in [1.165, 1.54) is 0 Å². The Morgan fingerprint density at radius 1 is 1.19 bits per heavy atom. The van der Waals surface area contributed by atoms with Gasteiger partial charge in [0.2, 0.25) is 11.8 Å². The number of hydrogen-bond acceptors (Lipinski definition) is 2. The van der Waals surface area contributed by atoms with Crippen molar-refractivity contribution in [2.24, 2.45) is 5.92 Å². The monoisotopic (exact) mass is 288 g/mol. The Kier molecular flexibility index (Phi) is 4.66. The third-order valence-corrected chi connectivity index (χ3v) is 3.76. The first-order valence-electron chi connectivity index (χ1n) is 7.59. The summed E-state index contributed by atoms with van der Waals surface area (Å²) in [6, 6.07) is 7.43. The number of carbonyl (C=O) groups is 2. The van der Waals surface area contributed by atoms with Gasteiger partial charge in [0.1, 0.15) is 12.6 Å². The highest BCUT2D eigenvalue weighted by Gasteiger charge is 2.34. The highest BCUT2D eigenvalue weighted by molar-refractivity contribution is 6.07. The molecule has 1 aliphatic rings. The fourth-order valence-corrected chi connectivity index (χ4v) is 2.77. The lowest BCUT2D eigenvalue weighted by molar-refractivity contribution is -0.131. The molecule has 2 amide bonds. The van der Waals surface area contributed by atoms with Crippen LogP contribution in [0.5, 0.6) is 0 Å². The maximum absolute atomic E-state index is 12.7. The molecule has 1 aromatic carbocycles. The molecule has 2 rings (SSSR count). The summed E-state index contributed by atoms with van der Waals surface area (Å²) in [4.78, 5) is 26.3. The molecule has 0 spiro atoms. The van der Waals surface area contributed by atoms with Crippen LogP contribution in [-0.4, -0.2) is 24.4 Å². The molecule has 0 bridgehead atoms. The van der Waals surface area contributed by atoms with Crippen LogP contribution >= 0.6 is 0 Å². The first-order chi connectivity index (χ1) is 9.90. The van der Waals surface area contributed by atoms with E-state index >= 15 is 0 Å². The van der Waals surface area contributed by atoms with E-state index in [-0.39, 0.29) is 18.4 Å². The average Bonchev–Trinajstić information content (AvgIpc) is 2.42. The molecule has 1 heterocycles. The summed E-state index contributed by atoms with van der Waals surface area (Å²) in [6.07, 6.45) is 0.672. The van der Waals surface area contributed by atoms with Crippen molar-refractivity contribution in [3.63, 3.8) is 0 Å². The molecule has 114 valence electrons. The number of piperazine rings is 1. The average molecular weight is 288 g/mol. The zero-order valence-electron chi connectivity index (χ0n) is 13.2. The largest absolute Gasteiger partial charge is 0.343 e. The molecule has 1 fully saturated rings. The van der Waals surface area contributed by atoms with Gasteiger partial charge in [-0.2, -0.15) is 0 Å². The van der Waals surface area contributed by atoms with Crippen LogP contribution in [0, 0.1) is 5.92 Å². The number of amides is 2. The number of anilines is 1. The van der Waals surface area contributed by atoms with E-state index in [0.717, 1.165) is 11.3 Å². The number of hydrogen-bond donors (Lipinski definition) is 1. The number of nitrogens with zero attached hydrogens (tertiary/aromatic N) is 1. The van der Waals surface area contributed by atoms with Gasteiger partial charge in [0.25, 0.3) is 0 Å². The van der Waals surface area contributed by atoms with Gasteiger partial charge in [-0.05, 0) is 29.9 Å². The Bertz CT molecular complexity index is 537. The van der Waals surface area contributed by atoms with E-state index in [1.807, 2.05) is 24.3 Å². The van der Waals surface area contributed by atoms with Gasteiger partial charge in [-0.1, -0.05) is 45.9 Å². The topological polar surface area (TPSA) is 49.4 Å². The van der Waals surface area contributed by atoms with Crippen molar-refractivity contribution in [3.8, 4) is 0 Å². The van der Waals surface area contributed by atoms with Crippen molar-refractivity contribution < 1.29 is 9.59 Å². The van der Waals surface area contributed by atoms with Crippen molar-refractivity contribution in [2.45, 2.75) is 46.1 Å². The lowest BCUT2D eigenvalue weighted by Crippen LogP contribution is -2.58. The fourth-order valence-electron chi connectivity index (χ4n) is 2.77. The molecular formula is C17H24N2O2. The Labute approximate surface area is 126 Å². The number of benzene rings is 1. The molecule has 21 heavy (non-hydrogen) atoms. The Balaban J connectivity index is 2.34. The van der Waals surface area contributed by atoms with Gasteiger partial charge in [-0.25, -0.2) is 0 Å². The second kappa shape index (κ2) is 6.29. The summed E-state index contributed by atoms with van der Waals surface area (Å²) in [5, 5.41) is 2.82. The number of carbonyl (C=O) groups excluding carboxylic acids is 2. The van der Waals surface area contributed by atoms with Crippen molar-refractivity contribution in [3.05, 3.63) is 29.8 Å². The van der Waals surface area contributed by atoms with Gasteiger partial charge in [0, 0.05) is 5.69 Å². The highest BCUT2D eigenvalue weighted by atomic mass is 16.2. The van der Waals surface area contributed by atoms with Crippen molar-refractivity contribution >= 4 is 17.5 Å². The summed E-state index contributed by atoms with van der Waals surface area (Å²) < 4.78 is 0. The van der Waals surface area contributed by atoms with Crippen LogP contribution in [0.15, 0.2) is 24.3 Å². The predicted molar refractivity (Wildman–Crippen MR) is 84.3 cm³/mol. The molecule has 1 N–H and O–H groups in total. The zero-order valence-corrected chi connectivity index (χ0v) is 13.2. The molecule has 1 unspecified atom stereocenters. The Morgan fingerprint density at radius 2 is 1.86 bits per heavy atom. The van der Waals surface area contributed by atoms with Crippen molar-refractivity contribution in [2.75, 3.05) is 11.4 Å². The second-order valence-electron chi connectivity index (χ2n) is 6.39.